The zero-order valence-electron chi connectivity index (χ0n) is 13.4. The number of halogens is 1. The number of aromatic amines is 1. The zero-order valence-corrected chi connectivity index (χ0v) is 14.1. The summed E-state index contributed by atoms with van der Waals surface area (Å²) in [5.41, 5.74) is 3.41. The first kappa shape index (κ1) is 16.0. The quantitative estimate of drug-likeness (QED) is 0.805. The highest BCUT2D eigenvalue weighted by Crippen LogP contribution is 2.25. The maximum absolute atomic E-state index is 12.5. The van der Waals surface area contributed by atoms with Gasteiger partial charge in [-0.05, 0) is 17.7 Å². The minimum absolute atomic E-state index is 0.138. The molecule has 122 valence electrons. The van der Waals surface area contributed by atoms with Gasteiger partial charge in [0.1, 0.15) is 0 Å². The first-order valence-corrected chi connectivity index (χ1v) is 8.16. The van der Waals surface area contributed by atoms with Gasteiger partial charge >= 0.3 is 0 Å². The highest BCUT2D eigenvalue weighted by Gasteiger charge is 2.25. The first-order valence-electron chi connectivity index (χ1n) is 7.78. The Kier molecular flexibility index (Phi) is 4.41. The van der Waals surface area contributed by atoms with Crippen molar-refractivity contribution >= 4 is 17.5 Å². The van der Waals surface area contributed by atoms with Gasteiger partial charge in [-0.1, -0.05) is 37.6 Å². The standard InChI is InChI=1S/C17H21ClN4O/c1-17(2,11-4-3-5-12(18)8-11)10-20-16(23)15-13-9-19-7-6-14(13)21-22-15/h3-5,8,19H,6-7,9-10H2,1-2H3,(H,20,23)(H,21,22). The van der Waals surface area contributed by atoms with E-state index in [2.05, 4.69) is 34.7 Å². The van der Waals surface area contributed by atoms with E-state index in [-0.39, 0.29) is 11.3 Å². The number of carbonyl (C=O) groups excluding carboxylic acids is 1. The monoisotopic (exact) mass is 332 g/mol. The molecule has 3 rings (SSSR count). The number of carbonyl (C=O) groups is 1. The van der Waals surface area contributed by atoms with Gasteiger partial charge in [0.15, 0.2) is 5.69 Å². The Balaban J connectivity index is 1.70. The number of amides is 1. The summed E-state index contributed by atoms with van der Waals surface area (Å²) >= 11 is 6.07. The van der Waals surface area contributed by atoms with Crippen LogP contribution in [0.2, 0.25) is 5.02 Å². The van der Waals surface area contributed by atoms with Crippen LogP contribution in [0.25, 0.3) is 0 Å². The largest absolute Gasteiger partial charge is 0.350 e. The summed E-state index contributed by atoms with van der Waals surface area (Å²) < 4.78 is 0. The number of H-pyrrole nitrogens is 1. The van der Waals surface area contributed by atoms with Crippen LogP contribution in [0.5, 0.6) is 0 Å². The van der Waals surface area contributed by atoms with Crippen molar-refractivity contribution in [3.05, 3.63) is 51.8 Å². The van der Waals surface area contributed by atoms with Crippen LogP contribution in [-0.4, -0.2) is 29.2 Å². The Labute approximate surface area is 140 Å². The van der Waals surface area contributed by atoms with Crippen molar-refractivity contribution in [2.45, 2.75) is 32.2 Å². The van der Waals surface area contributed by atoms with E-state index >= 15 is 0 Å². The van der Waals surface area contributed by atoms with E-state index < -0.39 is 0 Å². The molecular formula is C17H21ClN4O. The summed E-state index contributed by atoms with van der Waals surface area (Å²) in [7, 11) is 0. The minimum atomic E-state index is -0.213. The Bertz CT molecular complexity index is 723. The van der Waals surface area contributed by atoms with E-state index in [1.807, 2.05) is 24.3 Å². The molecular weight excluding hydrogens is 312 g/mol. The lowest BCUT2D eigenvalue weighted by molar-refractivity contribution is 0.0939. The Hall–Kier alpha value is -1.85. The molecule has 1 amide bonds. The molecule has 2 aromatic rings. The molecule has 0 spiro atoms. The summed E-state index contributed by atoms with van der Waals surface area (Å²) in [4.78, 5) is 12.5. The second-order valence-electron chi connectivity index (χ2n) is 6.53. The summed E-state index contributed by atoms with van der Waals surface area (Å²) in [6.45, 7) is 6.28. The van der Waals surface area contributed by atoms with Crippen molar-refractivity contribution in [3.63, 3.8) is 0 Å². The number of aromatic nitrogens is 2. The van der Waals surface area contributed by atoms with Gasteiger partial charge in [0, 0.05) is 47.8 Å². The summed E-state index contributed by atoms with van der Waals surface area (Å²) in [6, 6.07) is 7.74. The fourth-order valence-electron chi connectivity index (χ4n) is 2.81. The summed E-state index contributed by atoms with van der Waals surface area (Å²) in [5.74, 6) is -0.138. The zero-order chi connectivity index (χ0) is 16.4. The molecule has 3 N–H and O–H groups in total. The van der Waals surface area contributed by atoms with Crippen LogP contribution in [0.4, 0.5) is 0 Å². The summed E-state index contributed by atoms with van der Waals surface area (Å²) in [6.07, 6.45) is 0.879. The minimum Gasteiger partial charge on any atom is -0.350 e. The van der Waals surface area contributed by atoms with Gasteiger partial charge in [0.2, 0.25) is 0 Å². The normalized spacial score (nSPS) is 14.4. The van der Waals surface area contributed by atoms with Crippen molar-refractivity contribution in [2.75, 3.05) is 13.1 Å². The SMILES string of the molecule is CC(C)(CNC(=O)c1n[nH]c2c1CNCC2)c1cccc(Cl)c1. The molecule has 0 bridgehead atoms. The van der Waals surface area contributed by atoms with Crippen molar-refractivity contribution in [3.8, 4) is 0 Å². The number of hydrogen-bond donors (Lipinski definition) is 3. The van der Waals surface area contributed by atoms with E-state index in [1.54, 1.807) is 0 Å². The lowest BCUT2D eigenvalue weighted by atomic mass is 9.84. The van der Waals surface area contributed by atoms with Gasteiger partial charge in [-0.15, -0.1) is 0 Å². The number of benzene rings is 1. The van der Waals surface area contributed by atoms with E-state index in [4.69, 9.17) is 11.6 Å². The molecule has 1 aromatic carbocycles. The molecule has 2 heterocycles. The molecule has 6 heteroatoms. The van der Waals surface area contributed by atoms with E-state index in [9.17, 15) is 4.79 Å². The van der Waals surface area contributed by atoms with Gasteiger partial charge in [-0.2, -0.15) is 5.10 Å². The van der Waals surface area contributed by atoms with Crippen molar-refractivity contribution in [1.29, 1.82) is 0 Å². The lowest BCUT2D eigenvalue weighted by Gasteiger charge is -2.26. The molecule has 0 unspecified atom stereocenters. The molecule has 0 saturated carbocycles. The average molecular weight is 333 g/mol. The highest BCUT2D eigenvalue weighted by atomic mass is 35.5. The number of nitrogens with zero attached hydrogens (tertiary/aromatic N) is 1. The van der Waals surface area contributed by atoms with E-state index in [1.165, 1.54) is 0 Å². The van der Waals surface area contributed by atoms with Crippen LogP contribution < -0.4 is 10.6 Å². The van der Waals surface area contributed by atoms with Crippen LogP contribution in [0.3, 0.4) is 0 Å². The molecule has 1 aromatic heterocycles. The van der Waals surface area contributed by atoms with Crippen LogP contribution >= 0.6 is 11.6 Å². The van der Waals surface area contributed by atoms with Gasteiger partial charge in [-0.3, -0.25) is 9.89 Å². The Morgan fingerprint density at radius 1 is 1.43 bits per heavy atom. The van der Waals surface area contributed by atoms with Crippen LogP contribution in [0.15, 0.2) is 24.3 Å². The van der Waals surface area contributed by atoms with E-state index in [0.29, 0.717) is 23.8 Å². The molecule has 5 nitrogen and oxygen atoms in total. The molecule has 23 heavy (non-hydrogen) atoms. The first-order chi connectivity index (χ1) is 11.0. The molecule has 0 aliphatic carbocycles. The third kappa shape index (κ3) is 3.41. The molecule has 0 fully saturated rings. The van der Waals surface area contributed by atoms with Crippen molar-refractivity contribution < 1.29 is 4.79 Å². The maximum atomic E-state index is 12.5. The Morgan fingerprint density at radius 2 is 2.26 bits per heavy atom. The second kappa shape index (κ2) is 6.34. The maximum Gasteiger partial charge on any atom is 0.272 e. The van der Waals surface area contributed by atoms with Gasteiger partial charge < -0.3 is 10.6 Å². The average Bonchev–Trinajstić information content (AvgIpc) is 2.97. The molecule has 0 saturated heterocycles. The van der Waals surface area contributed by atoms with Gasteiger partial charge in [0.25, 0.3) is 5.91 Å². The van der Waals surface area contributed by atoms with Crippen molar-refractivity contribution in [1.82, 2.24) is 20.8 Å². The molecule has 1 aliphatic heterocycles. The highest BCUT2D eigenvalue weighted by molar-refractivity contribution is 6.30. The van der Waals surface area contributed by atoms with Crippen LogP contribution in [-0.2, 0) is 18.4 Å². The lowest BCUT2D eigenvalue weighted by Crippen LogP contribution is -2.37. The Morgan fingerprint density at radius 3 is 3.04 bits per heavy atom. The van der Waals surface area contributed by atoms with E-state index in [0.717, 1.165) is 29.8 Å². The number of fused-ring (bicyclic) bond motifs is 1. The van der Waals surface area contributed by atoms with Crippen molar-refractivity contribution in [2.24, 2.45) is 0 Å². The number of hydrogen-bond acceptors (Lipinski definition) is 3. The van der Waals surface area contributed by atoms with Gasteiger partial charge in [0.05, 0.1) is 0 Å². The predicted molar refractivity (Wildman–Crippen MR) is 90.8 cm³/mol. The fraction of sp³-hybridized carbons (Fsp3) is 0.412. The molecule has 0 atom stereocenters. The topological polar surface area (TPSA) is 69.8 Å². The number of rotatable bonds is 4. The summed E-state index contributed by atoms with van der Waals surface area (Å²) in [5, 5.41) is 14.1. The smallest absolute Gasteiger partial charge is 0.272 e. The predicted octanol–water partition coefficient (Wildman–Crippen LogP) is 2.42. The van der Waals surface area contributed by atoms with Crippen LogP contribution in [0, 0.1) is 0 Å². The van der Waals surface area contributed by atoms with Gasteiger partial charge in [-0.25, -0.2) is 0 Å². The third-order valence-electron chi connectivity index (χ3n) is 4.32. The third-order valence-corrected chi connectivity index (χ3v) is 4.55. The van der Waals surface area contributed by atoms with Crippen LogP contribution in [0.1, 0.15) is 41.2 Å². The molecule has 0 radical (unpaired) electrons. The second-order valence-corrected chi connectivity index (χ2v) is 6.97. The number of nitrogens with one attached hydrogen (secondary N) is 3. The fourth-order valence-corrected chi connectivity index (χ4v) is 3.00. The molecule has 1 aliphatic rings.